The van der Waals surface area contributed by atoms with Crippen molar-refractivity contribution in [1.82, 2.24) is 18.7 Å². The molecule has 0 amide bonds. The van der Waals surface area contributed by atoms with Crippen molar-refractivity contribution in [3.63, 3.8) is 0 Å². The summed E-state index contributed by atoms with van der Waals surface area (Å²) in [6.45, 7) is 0. The molecule has 0 aliphatic carbocycles. The van der Waals surface area contributed by atoms with E-state index in [-0.39, 0.29) is 0 Å². The van der Waals surface area contributed by atoms with Gasteiger partial charge in [0.15, 0.2) is 0 Å². The number of hydrogen-bond acceptors (Lipinski definition) is 1. The molecule has 4 nitrogen and oxygen atoms in total. The average Bonchev–Trinajstić information content (AvgIpc) is 3.78. The van der Waals surface area contributed by atoms with Crippen LogP contribution < -0.4 is 0 Å². The fourth-order valence-corrected chi connectivity index (χ4v) is 7.58. The highest BCUT2D eigenvalue weighted by molar-refractivity contribution is 6.31. The van der Waals surface area contributed by atoms with Crippen LogP contribution >= 0.6 is 0 Å². The number of aromatic nitrogens is 4. The summed E-state index contributed by atoms with van der Waals surface area (Å²) >= 11 is 0. The predicted octanol–water partition coefficient (Wildman–Crippen LogP) is 10.9. The number of nitrogens with zero attached hydrogens (tertiary/aromatic N) is 4. The Morgan fingerprint density at radius 1 is 0.362 bits per heavy atom. The average molecular weight is 601 g/mol. The Hall–Kier alpha value is -6.39. The Labute approximate surface area is 271 Å². The third-order valence-corrected chi connectivity index (χ3v) is 9.46. The third kappa shape index (κ3) is 3.73. The first-order valence-electron chi connectivity index (χ1n) is 16.0. The lowest BCUT2D eigenvalue weighted by atomic mass is 10.1. The smallest absolute Gasteiger partial charge is 0.0811 e. The van der Waals surface area contributed by atoms with Crippen LogP contribution in [-0.2, 0) is 0 Å². The molecule has 0 aliphatic heterocycles. The first-order valence-corrected chi connectivity index (χ1v) is 16.0. The van der Waals surface area contributed by atoms with Crippen molar-refractivity contribution in [3.05, 3.63) is 170 Å². The van der Waals surface area contributed by atoms with E-state index in [1.165, 1.54) is 54.6 Å². The lowest BCUT2D eigenvalue weighted by molar-refractivity contribution is 1.17. The fourth-order valence-electron chi connectivity index (χ4n) is 7.58. The second kappa shape index (κ2) is 10.1. The van der Waals surface area contributed by atoms with Crippen LogP contribution in [0.4, 0.5) is 0 Å². The quantitative estimate of drug-likeness (QED) is 0.197. The van der Waals surface area contributed by atoms with Gasteiger partial charge < -0.3 is 13.7 Å². The first-order chi connectivity index (χ1) is 23.4. The molecule has 0 fully saturated rings. The highest BCUT2D eigenvalue weighted by Gasteiger charge is 2.25. The van der Waals surface area contributed by atoms with Gasteiger partial charge in [-0.25, -0.2) is 0 Å². The minimum absolute atomic E-state index is 0.964. The van der Waals surface area contributed by atoms with Gasteiger partial charge in [-0.3, -0.25) is 4.98 Å². The van der Waals surface area contributed by atoms with E-state index in [4.69, 9.17) is 0 Å². The van der Waals surface area contributed by atoms with E-state index in [0.717, 1.165) is 28.3 Å². The van der Waals surface area contributed by atoms with Crippen LogP contribution in [0.25, 0.3) is 83.0 Å². The molecule has 10 rings (SSSR count). The largest absolute Gasteiger partial charge is 0.309 e. The highest BCUT2D eigenvalue weighted by Crippen LogP contribution is 2.46. The zero-order valence-corrected chi connectivity index (χ0v) is 25.5. The van der Waals surface area contributed by atoms with Gasteiger partial charge in [0.05, 0.1) is 38.8 Å². The van der Waals surface area contributed by atoms with Gasteiger partial charge in [0.1, 0.15) is 0 Å². The molecular weight excluding hydrogens is 573 g/mol. The van der Waals surface area contributed by atoms with Gasteiger partial charge in [0, 0.05) is 50.4 Å². The Morgan fingerprint density at radius 2 is 0.936 bits per heavy atom. The normalized spacial score (nSPS) is 11.8. The molecule has 4 heterocycles. The molecule has 0 spiro atoms. The van der Waals surface area contributed by atoms with Crippen molar-refractivity contribution in [2.24, 2.45) is 0 Å². The minimum atomic E-state index is 0.964. The Kier molecular flexibility index (Phi) is 5.54. The van der Waals surface area contributed by atoms with E-state index in [2.05, 4.69) is 170 Å². The molecule has 4 heteroatoms. The third-order valence-electron chi connectivity index (χ3n) is 9.46. The maximum absolute atomic E-state index is 4.65. The van der Waals surface area contributed by atoms with E-state index in [9.17, 15) is 0 Å². The molecule has 4 aromatic heterocycles. The second-order valence-corrected chi connectivity index (χ2v) is 12.0. The maximum Gasteiger partial charge on any atom is 0.0811 e. The molecule has 0 bridgehead atoms. The van der Waals surface area contributed by atoms with Gasteiger partial charge in [0.25, 0.3) is 0 Å². The van der Waals surface area contributed by atoms with Crippen molar-refractivity contribution in [2.45, 2.75) is 0 Å². The Bertz CT molecular complexity index is 2730. The van der Waals surface area contributed by atoms with Gasteiger partial charge in [-0.1, -0.05) is 91.0 Å². The first kappa shape index (κ1) is 25.9. The zero-order valence-electron chi connectivity index (χ0n) is 25.5. The molecular formula is C43H28N4. The lowest BCUT2D eigenvalue weighted by Crippen LogP contribution is -1.96. The van der Waals surface area contributed by atoms with E-state index < -0.39 is 0 Å². The van der Waals surface area contributed by atoms with E-state index in [1.54, 1.807) is 0 Å². The van der Waals surface area contributed by atoms with Crippen LogP contribution in [0.1, 0.15) is 0 Å². The molecule has 47 heavy (non-hydrogen) atoms. The van der Waals surface area contributed by atoms with Crippen molar-refractivity contribution in [3.8, 4) is 28.3 Å². The summed E-state index contributed by atoms with van der Waals surface area (Å²) in [6, 6.07) is 58.6. The van der Waals surface area contributed by atoms with Crippen LogP contribution in [0.3, 0.4) is 0 Å². The SMILES string of the molecule is c1ccc(-n2c3ccc4c(c5ccccc5n4-c4cccc(-c5ccccn5)c4)c3c3c2c2ccccc2n3-c2ccccc2)cc1. The molecule has 10 aromatic rings. The van der Waals surface area contributed by atoms with Gasteiger partial charge in [0.2, 0.25) is 0 Å². The van der Waals surface area contributed by atoms with Crippen LogP contribution in [0.5, 0.6) is 0 Å². The van der Waals surface area contributed by atoms with E-state index in [0.29, 0.717) is 0 Å². The van der Waals surface area contributed by atoms with Crippen molar-refractivity contribution >= 4 is 54.6 Å². The number of hydrogen-bond donors (Lipinski definition) is 0. The molecule has 0 saturated carbocycles. The topological polar surface area (TPSA) is 27.7 Å². The minimum Gasteiger partial charge on any atom is -0.309 e. The van der Waals surface area contributed by atoms with E-state index >= 15 is 0 Å². The van der Waals surface area contributed by atoms with Crippen LogP contribution in [-0.4, -0.2) is 18.7 Å². The molecule has 0 atom stereocenters. The Balaban J connectivity index is 1.42. The monoisotopic (exact) mass is 600 g/mol. The summed E-state index contributed by atoms with van der Waals surface area (Å²) in [5.74, 6) is 0. The van der Waals surface area contributed by atoms with E-state index in [1.807, 2.05) is 18.3 Å². The predicted molar refractivity (Wildman–Crippen MR) is 195 cm³/mol. The van der Waals surface area contributed by atoms with Gasteiger partial charge in [-0.2, -0.15) is 0 Å². The summed E-state index contributed by atoms with van der Waals surface area (Å²) in [5, 5.41) is 4.96. The molecule has 6 aromatic carbocycles. The number of pyridine rings is 1. The fraction of sp³-hybridized carbons (Fsp3) is 0. The number of rotatable bonds is 4. The summed E-state index contributed by atoms with van der Waals surface area (Å²) in [7, 11) is 0. The molecule has 0 aliphatic rings. The maximum atomic E-state index is 4.65. The molecule has 0 N–H and O–H groups in total. The lowest BCUT2D eigenvalue weighted by Gasteiger charge is -2.11. The summed E-state index contributed by atoms with van der Waals surface area (Å²) in [5.41, 5.74) is 12.6. The zero-order chi connectivity index (χ0) is 30.9. The van der Waals surface area contributed by atoms with Crippen LogP contribution in [0.2, 0.25) is 0 Å². The van der Waals surface area contributed by atoms with Crippen LogP contribution in [0.15, 0.2) is 170 Å². The number of fused-ring (bicyclic) bond motifs is 9. The second-order valence-electron chi connectivity index (χ2n) is 12.0. The van der Waals surface area contributed by atoms with Crippen molar-refractivity contribution < 1.29 is 0 Å². The van der Waals surface area contributed by atoms with Crippen molar-refractivity contribution in [2.75, 3.05) is 0 Å². The van der Waals surface area contributed by atoms with Crippen molar-refractivity contribution in [1.29, 1.82) is 0 Å². The highest BCUT2D eigenvalue weighted by atomic mass is 15.1. The van der Waals surface area contributed by atoms with Gasteiger partial charge in [-0.05, 0) is 72.8 Å². The summed E-state index contributed by atoms with van der Waals surface area (Å²) in [6.07, 6.45) is 1.85. The molecule has 0 saturated heterocycles. The molecule has 0 radical (unpaired) electrons. The standard InChI is InChI=1S/C43H28N4/c1-3-15-30(16-4-1)46-37-24-10-8-21-34(37)42-43(46)41-39(47(42)31-17-5-2-6-18-31)26-25-38-40(41)33-20-7-9-23-36(33)45(38)32-19-13-14-29(28-32)35-22-11-12-27-44-35/h1-28H. The summed E-state index contributed by atoms with van der Waals surface area (Å²) in [4.78, 5) is 4.65. The molecule has 0 unspecified atom stereocenters. The van der Waals surface area contributed by atoms with Gasteiger partial charge in [-0.15, -0.1) is 0 Å². The number of benzene rings is 6. The molecule has 220 valence electrons. The summed E-state index contributed by atoms with van der Waals surface area (Å²) < 4.78 is 7.33. The Morgan fingerprint density at radius 3 is 1.64 bits per heavy atom. The van der Waals surface area contributed by atoms with Gasteiger partial charge >= 0.3 is 0 Å². The number of para-hydroxylation sites is 4. The van der Waals surface area contributed by atoms with Crippen LogP contribution in [0, 0.1) is 0 Å².